The average Bonchev–Trinajstić information content (AvgIpc) is 2.38. The number of rotatable bonds is 4. The van der Waals surface area contributed by atoms with E-state index in [1.54, 1.807) is 37.4 Å². The first-order chi connectivity index (χ1) is 8.70. The van der Waals surface area contributed by atoms with Gasteiger partial charge < -0.3 is 10.5 Å². The molecule has 2 rings (SSSR count). The molecule has 0 bridgehead atoms. The summed E-state index contributed by atoms with van der Waals surface area (Å²) < 4.78 is 19.1. The van der Waals surface area contributed by atoms with Crippen LogP contribution in [0.1, 0.15) is 11.1 Å². The summed E-state index contributed by atoms with van der Waals surface area (Å²) >= 11 is 0. The highest BCUT2D eigenvalue weighted by atomic mass is 19.1. The summed E-state index contributed by atoms with van der Waals surface area (Å²) in [6, 6.07) is 8.62. The molecule has 0 amide bonds. The van der Waals surface area contributed by atoms with Gasteiger partial charge in [-0.3, -0.25) is 0 Å². The minimum absolute atomic E-state index is 0.189. The minimum Gasteiger partial charge on any atom is -0.436 e. The van der Waals surface area contributed by atoms with Crippen LogP contribution < -0.4 is 10.5 Å². The molecule has 0 aliphatic rings. The van der Waals surface area contributed by atoms with Crippen LogP contribution in [0.25, 0.3) is 0 Å². The third-order valence-electron chi connectivity index (χ3n) is 2.60. The minimum atomic E-state index is -0.356. The highest BCUT2D eigenvalue weighted by Gasteiger charge is 2.07. The molecule has 0 saturated heterocycles. The molecule has 0 aliphatic carbocycles. The van der Waals surface area contributed by atoms with Gasteiger partial charge in [0, 0.05) is 12.3 Å². The molecule has 0 atom stereocenters. The van der Waals surface area contributed by atoms with Gasteiger partial charge in [0.05, 0.1) is 0 Å². The van der Waals surface area contributed by atoms with E-state index < -0.39 is 0 Å². The van der Waals surface area contributed by atoms with Gasteiger partial charge in [0.25, 0.3) is 0 Å². The van der Waals surface area contributed by atoms with Crippen LogP contribution in [0.3, 0.4) is 0 Å². The molecule has 1 heterocycles. The van der Waals surface area contributed by atoms with Gasteiger partial charge in [0.15, 0.2) is 11.6 Å². The van der Waals surface area contributed by atoms with Crippen LogP contribution in [0.2, 0.25) is 0 Å². The van der Waals surface area contributed by atoms with Crippen molar-refractivity contribution < 1.29 is 9.13 Å². The number of hydrogen-bond donors (Lipinski definition) is 1. The quantitative estimate of drug-likeness (QED) is 0.902. The van der Waals surface area contributed by atoms with Crippen LogP contribution in [0.4, 0.5) is 4.39 Å². The van der Waals surface area contributed by atoms with E-state index in [9.17, 15) is 4.39 Å². The molecule has 0 saturated carbocycles. The Labute approximate surface area is 105 Å². The highest BCUT2D eigenvalue weighted by Crippen LogP contribution is 2.24. The highest BCUT2D eigenvalue weighted by molar-refractivity contribution is 5.33. The maximum Gasteiger partial charge on any atom is 0.219 e. The van der Waals surface area contributed by atoms with Gasteiger partial charge in [0.1, 0.15) is 0 Å². The fraction of sp³-hybridized carbons (Fsp3) is 0.214. The van der Waals surface area contributed by atoms with Crippen molar-refractivity contribution in [2.75, 3.05) is 6.54 Å². The monoisotopic (exact) mass is 246 g/mol. The number of benzene rings is 1. The normalized spacial score (nSPS) is 10.4. The molecule has 2 aromatic rings. The van der Waals surface area contributed by atoms with Crippen molar-refractivity contribution in [3.8, 4) is 11.6 Å². The van der Waals surface area contributed by atoms with Gasteiger partial charge in [-0.25, -0.2) is 9.37 Å². The second-order valence-corrected chi connectivity index (χ2v) is 4.03. The lowest BCUT2D eigenvalue weighted by atomic mass is 10.2. The Kier molecular flexibility index (Phi) is 3.89. The van der Waals surface area contributed by atoms with Crippen molar-refractivity contribution in [2.45, 2.75) is 13.3 Å². The van der Waals surface area contributed by atoms with E-state index in [0.29, 0.717) is 18.0 Å². The van der Waals surface area contributed by atoms with Gasteiger partial charge in [-0.15, -0.1) is 0 Å². The molecular weight excluding hydrogens is 231 g/mol. The number of nitrogens with two attached hydrogens (primary N) is 1. The number of halogens is 1. The molecule has 0 aliphatic heterocycles. The van der Waals surface area contributed by atoms with Crippen molar-refractivity contribution in [1.82, 2.24) is 4.98 Å². The van der Waals surface area contributed by atoms with Crippen LogP contribution in [0, 0.1) is 12.7 Å². The maximum absolute atomic E-state index is 13.7. The van der Waals surface area contributed by atoms with Crippen LogP contribution in [-0.2, 0) is 6.42 Å². The molecule has 1 aromatic heterocycles. The van der Waals surface area contributed by atoms with Crippen LogP contribution in [0.5, 0.6) is 11.6 Å². The number of ether oxygens (including phenoxy) is 1. The predicted molar refractivity (Wildman–Crippen MR) is 68.2 cm³/mol. The van der Waals surface area contributed by atoms with Gasteiger partial charge in [-0.1, -0.05) is 18.2 Å². The maximum atomic E-state index is 13.7. The smallest absolute Gasteiger partial charge is 0.219 e. The Morgan fingerprint density at radius 1 is 1.28 bits per heavy atom. The number of hydrogen-bond acceptors (Lipinski definition) is 3. The number of nitrogens with zero attached hydrogens (tertiary/aromatic N) is 1. The summed E-state index contributed by atoms with van der Waals surface area (Å²) in [5.74, 6) is 0.208. The summed E-state index contributed by atoms with van der Waals surface area (Å²) in [5, 5.41) is 0. The summed E-state index contributed by atoms with van der Waals surface area (Å²) in [7, 11) is 0. The van der Waals surface area contributed by atoms with Crippen LogP contribution in [0.15, 0.2) is 36.5 Å². The van der Waals surface area contributed by atoms with E-state index in [4.69, 9.17) is 10.5 Å². The van der Waals surface area contributed by atoms with E-state index in [0.717, 1.165) is 12.0 Å². The first-order valence-corrected chi connectivity index (χ1v) is 5.78. The van der Waals surface area contributed by atoms with E-state index in [1.807, 2.05) is 6.07 Å². The van der Waals surface area contributed by atoms with Crippen LogP contribution >= 0.6 is 0 Å². The topological polar surface area (TPSA) is 48.1 Å². The zero-order valence-electron chi connectivity index (χ0n) is 10.2. The summed E-state index contributed by atoms with van der Waals surface area (Å²) in [6.07, 6.45) is 2.46. The fourth-order valence-corrected chi connectivity index (χ4v) is 1.60. The summed E-state index contributed by atoms with van der Waals surface area (Å²) in [5.41, 5.74) is 7.04. The largest absolute Gasteiger partial charge is 0.436 e. The fourth-order valence-electron chi connectivity index (χ4n) is 1.60. The Bertz CT molecular complexity index is 526. The third-order valence-corrected chi connectivity index (χ3v) is 2.60. The van der Waals surface area contributed by atoms with E-state index in [-0.39, 0.29) is 11.6 Å². The standard InChI is InChI=1S/C14H15FN2O/c1-10-3-2-4-12(14(10)15)18-13-6-5-11(7-8-16)9-17-13/h2-6,9H,7-8,16H2,1H3. The summed E-state index contributed by atoms with van der Waals surface area (Å²) in [4.78, 5) is 4.12. The van der Waals surface area contributed by atoms with Crippen molar-refractivity contribution in [3.05, 3.63) is 53.5 Å². The number of aryl methyl sites for hydroxylation is 1. The molecule has 0 fully saturated rings. The predicted octanol–water partition coefficient (Wildman–Crippen LogP) is 2.82. The Balaban J connectivity index is 2.16. The molecule has 94 valence electrons. The number of pyridine rings is 1. The molecule has 4 heteroatoms. The van der Waals surface area contributed by atoms with Crippen LogP contribution in [-0.4, -0.2) is 11.5 Å². The zero-order valence-corrected chi connectivity index (χ0v) is 10.2. The molecule has 2 N–H and O–H groups in total. The third kappa shape index (κ3) is 2.84. The molecule has 3 nitrogen and oxygen atoms in total. The second kappa shape index (κ2) is 5.60. The van der Waals surface area contributed by atoms with E-state index >= 15 is 0 Å². The Morgan fingerprint density at radius 3 is 2.78 bits per heavy atom. The van der Waals surface area contributed by atoms with Crippen molar-refractivity contribution >= 4 is 0 Å². The molecule has 0 unspecified atom stereocenters. The van der Waals surface area contributed by atoms with Gasteiger partial charge >= 0.3 is 0 Å². The first kappa shape index (κ1) is 12.5. The second-order valence-electron chi connectivity index (χ2n) is 4.03. The Morgan fingerprint density at radius 2 is 2.11 bits per heavy atom. The molecule has 1 aromatic carbocycles. The lowest BCUT2D eigenvalue weighted by Crippen LogP contribution is -2.03. The van der Waals surface area contributed by atoms with Gasteiger partial charge in [-0.05, 0) is 37.1 Å². The van der Waals surface area contributed by atoms with E-state index in [1.165, 1.54) is 0 Å². The van der Waals surface area contributed by atoms with Gasteiger partial charge in [-0.2, -0.15) is 0 Å². The zero-order chi connectivity index (χ0) is 13.0. The Hall–Kier alpha value is -1.94. The van der Waals surface area contributed by atoms with Gasteiger partial charge in [0.2, 0.25) is 5.88 Å². The van der Waals surface area contributed by atoms with Crippen molar-refractivity contribution in [3.63, 3.8) is 0 Å². The van der Waals surface area contributed by atoms with Crippen molar-refractivity contribution in [2.24, 2.45) is 5.73 Å². The van der Waals surface area contributed by atoms with Crippen molar-refractivity contribution in [1.29, 1.82) is 0 Å². The summed E-state index contributed by atoms with van der Waals surface area (Å²) in [6.45, 7) is 2.27. The molecule has 0 radical (unpaired) electrons. The average molecular weight is 246 g/mol. The lowest BCUT2D eigenvalue weighted by Gasteiger charge is -2.07. The number of aromatic nitrogens is 1. The SMILES string of the molecule is Cc1cccc(Oc2ccc(CCN)cn2)c1F. The molecule has 0 spiro atoms. The van der Waals surface area contributed by atoms with E-state index in [2.05, 4.69) is 4.98 Å². The molecule has 18 heavy (non-hydrogen) atoms. The molecular formula is C14H15FN2O. The first-order valence-electron chi connectivity index (χ1n) is 5.78. The lowest BCUT2D eigenvalue weighted by molar-refractivity contribution is 0.425.